The molecule has 0 bridgehead atoms. The Morgan fingerprint density at radius 3 is 2.25 bits per heavy atom. The third kappa shape index (κ3) is 4.68. The number of carbonyl (C=O) groups excluding carboxylic acids is 2. The number of benzene rings is 2. The lowest BCUT2D eigenvalue weighted by molar-refractivity contribution is -0.121. The fourth-order valence-electron chi connectivity index (χ4n) is 4.19. The number of sulfonamides is 1. The first kappa shape index (κ1) is 22.4. The number of nitrogens with zero attached hydrogens (tertiary/aromatic N) is 2. The highest BCUT2D eigenvalue weighted by molar-refractivity contribution is 7.89. The predicted molar refractivity (Wildman–Crippen MR) is 118 cm³/mol. The molecule has 1 N–H and O–H groups in total. The van der Waals surface area contributed by atoms with Crippen LogP contribution in [0, 0.1) is 11.7 Å². The van der Waals surface area contributed by atoms with Gasteiger partial charge in [0.15, 0.2) is 0 Å². The quantitative estimate of drug-likeness (QED) is 0.745. The van der Waals surface area contributed by atoms with Crippen LogP contribution in [0.15, 0.2) is 53.4 Å². The molecule has 170 valence electrons. The van der Waals surface area contributed by atoms with Crippen LogP contribution in [0.25, 0.3) is 0 Å². The van der Waals surface area contributed by atoms with E-state index in [1.54, 1.807) is 4.90 Å². The maximum Gasteiger partial charge on any atom is 0.253 e. The van der Waals surface area contributed by atoms with Crippen molar-refractivity contribution >= 4 is 27.5 Å². The first-order valence-corrected chi connectivity index (χ1v) is 12.2. The zero-order valence-electron chi connectivity index (χ0n) is 17.7. The molecule has 7 nitrogen and oxygen atoms in total. The van der Waals surface area contributed by atoms with Crippen LogP contribution in [0.5, 0.6) is 0 Å². The van der Waals surface area contributed by atoms with Crippen molar-refractivity contribution in [2.45, 2.75) is 30.6 Å². The number of piperidine rings is 1. The molecule has 2 aromatic rings. The summed E-state index contributed by atoms with van der Waals surface area (Å²) in [5.41, 5.74) is 0.866. The SMILES string of the molecule is O=C(Nc1ccccc1)C1CCN(C(=O)c2ccc(F)c(S(=O)(=O)N3CCCC3)c2)CC1. The minimum absolute atomic E-state index is 0.0796. The Morgan fingerprint density at radius 2 is 1.59 bits per heavy atom. The fourth-order valence-corrected chi connectivity index (χ4v) is 5.80. The van der Waals surface area contributed by atoms with E-state index in [9.17, 15) is 22.4 Å². The van der Waals surface area contributed by atoms with Crippen molar-refractivity contribution in [1.82, 2.24) is 9.21 Å². The Morgan fingerprint density at radius 1 is 0.938 bits per heavy atom. The molecule has 0 aliphatic carbocycles. The zero-order valence-corrected chi connectivity index (χ0v) is 18.5. The van der Waals surface area contributed by atoms with Crippen LogP contribution in [0.3, 0.4) is 0 Å². The smallest absolute Gasteiger partial charge is 0.253 e. The second-order valence-electron chi connectivity index (χ2n) is 8.18. The summed E-state index contributed by atoms with van der Waals surface area (Å²) in [5.74, 6) is -1.50. The van der Waals surface area contributed by atoms with Gasteiger partial charge in [-0.3, -0.25) is 9.59 Å². The van der Waals surface area contributed by atoms with E-state index < -0.39 is 20.7 Å². The number of hydrogen-bond acceptors (Lipinski definition) is 4. The lowest BCUT2D eigenvalue weighted by Gasteiger charge is -2.31. The lowest BCUT2D eigenvalue weighted by atomic mass is 9.95. The van der Waals surface area contributed by atoms with Crippen LogP contribution in [0.4, 0.5) is 10.1 Å². The second kappa shape index (κ2) is 9.38. The Labute approximate surface area is 187 Å². The summed E-state index contributed by atoms with van der Waals surface area (Å²) in [4.78, 5) is 26.6. The van der Waals surface area contributed by atoms with E-state index in [1.165, 1.54) is 10.4 Å². The highest BCUT2D eigenvalue weighted by Crippen LogP contribution is 2.26. The maximum absolute atomic E-state index is 14.4. The average Bonchev–Trinajstić information content (AvgIpc) is 3.36. The van der Waals surface area contributed by atoms with Crippen molar-refractivity contribution < 1.29 is 22.4 Å². The highest BCUT2D eigenvalue weighted by atomic mass is 32.2. The number of anilines is 1. The molecular weight excluding hydrogens is 433 g/mol. The minimum atomic E-state index is -3.97. The van der Waals surface area contributed by atoms with Gasteiger partial charge in [0.2, 0.25) is 15.9 Å². The average molecular weight is 460 g/mol. The van der Waals surface area contributed by atoms with Gasteiger partial charge in [-0.15, -0.1) is 0 Å². The van der Waals surface area contributed by atoms with Crippen molar-refractivity contribution in [1.29, 1.82) is 0 Å². The Bertz CT molecular complexity index is 1090. The van der Waals surface area contributed by atoms with E-state index in [0.717, 1.165) is 30.7 Å². The number of nitrogens with one attached hydrogen (secondary N) is 1. The molecule has 0 saturated carbocycles. The van der Waals surface area contributed by atoms with Gasteiger partial charge in [0.05, 0.1) is 0 Å². The fraction of sp³-hybridized carbons (Fsp3) is 0.391. The van der Waals surface area contributed by atoms with Crippen LogP contribution in [0.1, 0.15) is 36.0 Å². The molecule has 0 unspecified atom stereocenters. The molecular formula is C23H26FN3O4S. The van der Waals surface area contributed by atoms with Gasteiger partial charge >= 0.3 is 0 Å². The van der Waals surface area contributed by atoms with Crippen LogP contribution in [-0.4, -0.2) is 55.6 Å². The van der Waals surface area contributed by atoms with E-state index in [0.29, 0.717) is 39.0 Å². The molecule has 2 amide bonds. The molecule has 9 heteroatoms. The number of amides is 2. The Hall–Kier alpha value is -2.78. The van der Waals surface area contributed by atoms with Gasteiger partial charge < -0.3 is 10.2 Å². The summed E-state index contributed by atoms with van der Waals surface area (Å²) in [7, 11) is -3.97. The lowest BCUT2D eigenvalue weighted by Crippen LogP contribution is -2.41. The first-order valence-electron chi connectivity index (χ1n) is 10.8. The molecule has 2 aliphatic rings. The number of para-hydroxylation sites is 1. The van der Waals surface area contributed by atoms with Crippen molar-refractivity contribution in [3.8, 4) is 0 Å². The third-order valence-electron chi connectivity index (χ3n) is 6.06. The molecule has 2 saturated heterocycles. The van der Waals surface area contributed by atoms with Gasteiger partial charge in [-0.05, 0) is 56.0 Å². The van der Waals surface area contributed by atoms with E-state index in [1.807, 2.05) is 30.3 Å². The standard InChI is InChI=1S/C23H26FN3O4S/c24-20-9-8-18(16-21(20)32(30,31)27-12-4-5-13-27)23(29)26-14-10-17(11-15-26)22(28)25-19-6-2-1-3-7-19/h1-3,6-9,16-17H,4-5,10-15H2,(H,25,28). The largest absolute Gasteiger partial charge is 0.339 e. The molecule has 2 aromatic carbocycles. The van der Waals surface area contributed by atoms with Crippen molar-refractivity contribution in [3.05, 3.63) is 59.9 Å². The van der Waals surface area contributed by atoms with Gasteiger partial charge in [0.1, 0.15) is 10.7 Å². The number of halogens is 1. The van der Waals surface area contributed by atoms with E-state index in [-0.39, 0.29) is 23.3 Å². The molecule has 32 heavy (non-hydrogen) atoms. The van der Waals surface area contributed by atoms with Gasteiger partial charge in [0, 0.05) is 43.3 Å². The minimum Gasteiger partial charge on any atom is -0.339 e. The molecule has 0 aromatic heterocycles. The van der Waals surface area contributed by atoms with Gasteiger partial charge in [-0.25, -0.2) is 12.8 Å². The van der Waals surface area contributed by atoms with Gasteiger partial charge in [-0.1, -0.05) is 18.2 Å². The van der Waals surface area contributed by atoms with Crippen LogP contribution < -0.4 is 5.32 Å². The number of hydrogen-bond donors (Lipinski definition) is 1. The summed E-state index contributed by atoms with van der Waals surface area (Å²) in [6, 6.07) is 12.7. The molecule has 0 radical (unpaired) electrons. The van der Waals surface area contributed by atoms with Crippen LogP contribution >= 0.6 is 0 Å². The number of likely N-dealkylation sites (tertiary alicyclic amines) is 1. The van der Waals surface area contributed by atoms with Crippen LogP contribution in [0.2, 0.25) is 0 Å². The van der Waals surface area contributed by atoms with E-state index in [2.05, 4.69) is 5.32 Å². The molecule has 2 heterocycles. The zero-order chi connectivity index (χ0) is 22.7. The van der Waals surface area contributed by atoms with E-state index >= 15 is 0 Å². The second-order valence-corrected chi connectivity index (χ2v) is 10.1. The van der Waals surface area contributed by atoms with Gasteiger partial charge in [-0.2, -0.15) is 4.31 Å². The summed E-state index contributed by atoms with van der Waals surface area (Å²) >= 11 is 0. The summed E-state index contributed by atoms with van der Waals surface area (Å²) in [5, 5.41) is 2.89. The molecule has 4 rings (SSSR count). The summed E-state index contributed by atoms with van der Waals surface area (Å²) in [6.45, 7) is 1.46. The molecule has 0 spiro atoms. The van der Waals surface area contributed by atoms with Gasteiger partial charge in [0.25, 0.3) is 5.91 Å². The first-order chi connectivity index (χ1) is 15.4. The molecule has 0 atom stereocenters. The third-order valence-corrected chi connectivity index (χ3v) is 7.97. The molecule has 2 aliphatic heterocycles. The predicted octanol–water partition coefficient (Wildman–Crippen LogP) is 3.10. The topological polar surface area (TPSA) is 86.8 Å². The van der Waals surface area contributed by atoms with E-state index in [4.69, 9.17) is 0 Å². The maximum atomic E-state index is 14.4. The van der Waals surface area contributed by atoms with Crippen molar-refractivity contribution in [2.24, 2.45) is 5.92 Å². The van der Waals surface area contributed by atoms with Crippen molar-refractivity contribution in [2.75, 3.05) is 31.5 Å². The molecule has 2 fully saturated rings. The Kier molecular flexibility index (Phi) is 6.57. The summed E-state index contributed by atoms with van der Waals surface area (Å²) < 4.78 is 41.2. The van der Waals surface area contributed by atoms with Crippen LogP contribution in [-0.2, 0) is 14.8 Å². The number of carbonyl (C=O) groups is 2. The monoisotopic (exact) mass is 459 g/mol. The normalized spacial score (nSPS) is 18.0. The van der Waals surface area contributed by atoms with Crippen molar-refractivity contribution in [3.63, 3.8) is 0 Å². The summed E-state index contributed by atoms with van der Waals surface area (Å²) in [6.07, 6.45) is 2.49. The Balaban J connectivity index is 1.41. The highest BCUT2D eigenvalue weighted by Gasteiger charge is 2.32. The number of rotatable bonds is 5.